The number of amides is 1. The summed E-state index contributed by atoms with van der Waals surface area (Å²) in [4.78, 5) is 27.6. The molecule has 3 N–H and O–H groups in total. The van der Waals surface area contributed by atoms with Crippen molar-refractivity contribution in [2.24, 2.45) is 0 Å². The Morgan fingerprint density at radius 3 is 2.82 bits per heavy atom. The zero-order chi connectivity index (χ0) is 19.3. The molecular formula is C20H16ClN5O2. The molecule has 2 heterocycles. The van der Waals surface area contributed by atoms with Gasteiger partial charge in [0.15, 0.2) is 5.82 Å². The number of aromatic amines is 2. The van der Waals surface area contributed by atoms with Gasteiger partial charge in [-0.25, -0.2) is 4.79 Å². The summed E-state index contributed by atoms with van der Waals surface area (Å²) in [6, 6.07) is 14.6. The smallest absolute Gasteiger partial charge is 0.306 e. The number of imidazole rings is 1. The van der Waals surface area contributed by atoms with E-state index in [4.69, 9.17) is 11.6 Å². The van der Waals surface area contributed by atoms with Gasteiger partial charge in [0.25, 0.3) is 5.91 Å². The van der Waals surface area contributed by atoms with Crippen LogP contribution in [0.1, 0.15) is 29.2 Å². The molecule has 0 unspecified atom stereocenters. The van der Waals surface area contributed by atoms with E-state index in [1.54, 1.807) is 28.8 Å². The third kappa shape index (κ3) is 2.99. The maximum Gasteiger partial charge on any atom is 0.326 e. The van der Waals surface area contributed by atoms with E-state index in [2.05, 4.69) is 20.5 Å². The van der Waals surface area contributed by atoms with E-state index in [-0.39, 0.29) is 17.6 Å². The van der Waals surface area contributed by atoms with Crippen LogP contribution in [0.15, 0.2) is 53.3 Å². The predicted octanol–water partition coefficient (Wildman–Crippen LogP) is 3.96. The lowest BCUT2D eigenvalue weighted by atomic mass is 10.1. The number of fused-ring (bicyclic) bond motifs is 1. The fourth-order valence-electron chi connectivity index (χ4n) is 3.35. The van der Waals surface area contributed by atoms with Crippen LogP contribution in [0.5, 0.6) is 0 Å². The van der Waals surface area contributed by atoms with Crippen molar-refractivity contribution in [2.75, 3.05) is 5.32 Å². The van der Waals surface area contributed by atoms with Gasteiger partial charge in [0.1, 0.15) is 0 Å². The number of carbonyl (C=O) groups is 1. The third-order valence-electron chi connectivity index (χ3n) is 4.85. The predicted molar refractivity (Wildman–Crippen MR) is 108 cm³/mol. The lowest BCUT2D eigenvalue weighted by molar-refractivity contribution is 0.102. The minimum Gasteiger partial charge on any atom is -0.306 e. The molecule has 0 radical (unpaired) electrons. The summed E-state index contributed by atoms with van der Waals surface area (Å²) in [5, 5.41) is 10.4. The van der Waals surface area contributed by atoms with E-state index in [9.17, 15) is 9.59 Å². The highest BCUT2D eigenvalue weighted by Crippen LogP contribution is 2.35. The largest absolute Gasteiger partial charge is 0.326 e. The van der Waals surface area contributed by atoms with E-state index in [1.807, 2.05) is 24.3 Å². The van der Waals surface area contributed by atoms with Crippen molar-refractivity contribution in [3.63, 3.8) is 0 Å². The van der Waals surface area contributed by atoms with E-state index in [0.29, 0.717) is 21.9 Å². The number of carbonyl (C=O) groups excluding carboxylic acids is 1. The van der Waals surface area contributed by atoms with Crippen LogP contribution in [0.25, 0.3) is 22.3 Å². The SMILES string of the molecule is O=C(Nc1cc(-c2cccc(Cl)c2)[nH]n1)c1ccc2c(c1)[nH]c(=O)n2C1CC1. The number of hydrogen-bond acceptors (Lipinski definition) is 3. The zero-order valence-electron chi connectivity index (χ0n) is 14.7. The van der Waals surface area contributed by atoms with Crippen LogP contribution in [0, 0.1) is 0 Å². The molecule has 7 nitrogen and oxygen atoms in total. The van der Waals surface area contributed by atoms with Crippen molar-refractivity contribution >= 4 is 34.4 Å². The Balaban J connectivity index is 1.39. The molecular weight excluding hydrogens is 378 g/mol. The van der Waals surface area contributed by atoms with Crippen LogP contribution in [0.4, 0.5) is 5.82 Å². The van der Waals surface area contributed by atoms with Crippen LogP contribution >= 0.6 is 11.6 Å². The van der Waals surface area contributed by atoms with Gasteiger partial charge in [-0.15, -0.1) is 0 Å². The number of rotatable bonds is 4. The van der Waals surface area contributed by atoms with Gasteiger partial charge in [0.2, 0.25) is 0 Å². The monoisotopic (exact) mass is 393 g/mol. The standard InChI is InChI=1S/C20H16ClN5O2/c21-13-3-1-2-11(8-13)15-10-18(25-24-15)23-19(27)12-4-7-17-16(9-12)22-20(28)26(17)14-5-6-14/h1-4,7-10,14H,5-6H2,(H,22,28)(H2,23,24,25,27). The minimum atomic E-state index is -0.300. The molecule has 1 aliphatic rings. The highest BCUT2D eigenvalue weighted by atomic mass is 35.5. The Hall–Kier alpha value is -3.32. The van der Waals surface area contributed by atoms with Crippen LogP contribution in [-0.4, -0.2) is 25.7 Å². The van der Waals surface area contributed by atoms with Gasteiger partial charge in [-0.05, 0) is 43.2 Å². The summed E-state index contributed by atoms with van der Waals surface area (Å²) in [6.07, 6.45) is 2.03. The van der Waals surface area contributed by atoms with Gasteiger partial charge in [0.05, 0.1) is 16.7 Å². The molecule has 4 aromatic rings. The van der Waals surface area contributed by atoms with Crippen molar-refractivity contribution < 1.29 is 4.79 Å². The highest BCUT2D eigenvalue weighted by Gasteiger charge is 2.27. The number of aromatic nitrogens is 4. The first-order valence-electron chi connectivity index (χ1n) is 8.95. The van der Waals surface area contributed by atoms with Gasteiger partial charge in [-0.2, -0.15) is 5.10 Å². The molecule has 8 heteroatoms. The van der Waals surface area contributed by atoms with Crippen molar-refractivity contribution in [2.45, 2.75) is 18.9 Å². The molecule has 0 saturated heterocycles. The average Bonchev–Trinajstić information content (AvgIpc) is 3.30. The number of halogens is 1. The first-order chi connectivity index (χ1) is 13.6. The molecule has 2 aromatic carbocycles. The summed E-state index contributed by atoms with van der Waals surface area (Å²) in [5.41, 5.74) is 3.43. The Morgan fingerprint density at radius 2 is 2.04 bits per heavy atom. The van der Waals surface area contributed by atoms with Gasteiger partial charge in [-0.3, -0.25) is 14.5 Å². The van der Waals surface area contributed by atoms with Gasteiger partial charge >= 0.3 is 5.69 Å². The maximum atomic E-state index is 12.6. The Labute approximate surface area is 164 Å². The van der Waals surface area contributed by atoms with Crippen LogP contribution in [-0.2, 0) is 0 Å². The van der Waals surface area contributed by atoms with Gasteiger partial charge < -0.3 is 10.3 Å². The van der Waals surface area contributed by atoms with Crippen molar-refractivity contribution in [3.8, 4) is 11.3 Å². The number of anilines is 1. The first-order valence-corrected chi connectivity index (χ1v) is 9.33. The molecule has 0 atom stereocenters. The number of benzene rings is 2. The van der Waals surface area contributed by atoms with E-state index in [0.717, 1.165) is 29.6 Å². The molecule has 0 bridgehead atoms. The third-order valence-corrected chi connectivity index (χ3v) is 5.08. The average molecular weight is 394 g/mol. The molecule has 5 rings (SSSR count). The minimum absolute atomic E-state index is 0.131. The van der Waals surface area contributed by atoms with Gasteiger partial charge in [0, 0.05) is 28.3 Å². The molecule has 0 aliphatic heterocycles. The fraction of sp³-hybridized carbons (Fsp3) is 0.150. The van der Waals surface area contributed by atoms with Crippen molar-refractivity contribution in [3.05, 3.63) is 69.6 Å². The summed E-state index contributed by atoms with van der Waals surface area (Å²) in [6.45, 7) is 0. The molecule has 1 saturated carbocycles. The quantitative estimate of drug-likeness (QED) is 0.489. The number of H-pyrrole nitrogens is 2. The topological polar surface area (TPSA) is 95.6 Å². The number of hydrogen-bond donors (Lipinski definition) is 3. The molecule has 1 amide bonds. The summed E-state index contributed by atoms with van der Waals surface area (Å²) >= 11 is 6.02. The Kier molecular flexibility index (Phi) is 3.84. The lowest BCUT2D eigenvalue weighted by Gasteiger charge is -2.03. The number of nitrogens with one attached hydrogen (secondary N) is 3. The van der Waals surface area contributed by atoms with Crippen LogP contribution < -0.4 is 11.0 Å². The van der Waals surface area contributed by atoms with E-state index >= 15 is 0 Å². The zero-order valence-corrected chi connectivity index (χ0v) is 15.5. The number of nitrogens with zero attached hydrogens (tertiary/aromatic N) is 2. The molecule has 28 heavy (non-hydrogen) atoms. The normalized spacial score (nSPS) is 13.8. The first kappa shape index (κ1) is 16.8. The Bertz CT molecular complexity index is 1270. The molecule has 1 aliphatic carbocycles. The van der Waals surface area contributed by atoms with Crippen LogP contribution in [0.3, 0.4) is 0 Å². The van der Waals surface area contributed by atoms with Crippen molar-refractivity contribution in [1.82, 2.24) is 19.7 Å². The van der Waals surface area contributed by atoms with E-state index in [1.165, 1.54) is 0 Å². The molecule has 140 valence electrons. The molecule has 0 spiro atoms. The maximum absolute atomic E-state index is 12.6. The second-order valence-corrected chi connectivity index (χ2v) is 7.33. The van der Waals surface area contributed by atoms with E-state index < -0.39 is 0 Å². The highest BCUT2D eigenvalue weighted by molar-refractivity contribution is 6.30. The fourth-order valence-corrected chi connectivity index (χ4v) is 3.54. The second-order valence-electron chi connectivity index (χ2n) is 6.89. The Morgan fingerprint density at radius 1 is 1.18 bits per heavy atom. The molecule has 2 aromatic heterocycles. The summed E-state index contributed by atoms with van der Waals surface area (Å²) < 4.78 is 1.77. The lowest BCUT2D eigenvalue weighted by Crippen LogP contribution is -2.14. The van der Waals surface area contributed by atoms with Crippen molar-refractivity contribution in [1.29, 1.82) is 0 Å². The van der Waals surface area contributed by atoms with Crippen LogP contribution in [0.2, 0.25) is 5.02 Å². The van der Waals surface area contributed by atoms with Gasteiger partial charge in [-0.1, -0.05) is 23.7 Å². The molecule has 1 fully saturated rings. The second kappa shape index (κ2) is 6.38. The summed E-state index contributed by atoms with van der Waals surface area (Å²) in [5.74, 6) is 0.107. The summed E-state index contributed by atoms with van der Waals surface area (Å²) in [7, 11) is 0.